The smallest absolute Gasteiger partial charge is 0.254 e. The molecule has 6 heteroatoms. The van der Waals surface area contributed by atoms with E-state index in [4.69, 9.17) is 10.5 Å². The Balaban J connectivity index is 0.00000162. The van der Waals surface area contributed by atoms with Crippen molar-refractivity contribution >= 4 is 18.3 Å². The summed E-state index contributed by atoms with van der Waals surface area (Å²) in [5.41, 5.74) is 6.90. The molecule has 1 aromatic rings. The van der Waals surface area contributed by atoms with Crippen LogP contribution in [0.5, 0.6) is 0 Å². The van der Waals surface area contributed by atoms with Crippen LogP contribution in [0.4, 0.5) is 0 Å². The normalized spacial score (nSPS) is 19.2. The topological polar surface area (TPSA) is 68.5 Å². The minimum absolute atomic E-state index is 0. The van der Waals surface area contributed by atoms with Gasteiger partial charge in [-0.05, 0) is 19.1 Å². The highest BCUT2D eigenvalue weighted by Gasteiger charge is 2.24. The number of nitrogens with zero attached hydrogens (tertiary/aromatic N) is 2. The van der Waals surface area contributed by atoms with Gasteiger partial charge < -0.3 is 15.4 Å². The molecule has 1 atom stereocenters. The molecule has 2 heterocycles. The van der Waals surface area contributed by atoms with Gasteiger partial charge in [0.15, 0.2) is 0 Å². The number of carbonyl (C=O) groups excluding carboxylic acids is 1. The van der Waals surface area contributed by atoms with Gasteiger partial charge in [-0.15, -0.1) is 12.4 Å². The van der Waals surface area contributed by atoms with E-state index in [2.05, 4.69) is 4.98 Å². The molecule has 1 saturated heterocycles. The Hall–Kier alpha value is -1.17. The average Bonchev–Trinajstić information content (AvgIpc) is 2.38. The van der Waals surface area contributed by atoms with Crippen LogP contribution in [0.3, 0.4) is 0 Å². The van der Waals surface area contributed by atoms with Crippen molar-refractivity contribution in [2.24, 2.45) is 5.73 Å². The second kappa shape index (κ2) is 6.68. The summed E-state index contributed by atoms with van der Waals surface area (Å²) in [6, 6.07) is 3.60. The van der Waals surface area contributed by atoms with E-state index in [0.717, 1.165) is 5.69 Å². The van der Waals surface area contributed by atoms with Crippen molar-refractivity contribution in [3.63, 3.8) is 0 Å². The Kier molecular flexibility index (Phi) is 5.53. The van der Waals surface area contributed by atoms with Gasteiger partial charge in [-0.1, -0.05) is 0 Å². The first kappa shape index (κ1) is 14.9. The number of hydrogen-bond donors (Lipinski definition) is 1. The molecule has 0 aliphatic carbocycles. The van der Waals surface area contributed by atoms with Crippen LogP contribution in [0.2, 0.25) is 0 Å². The lowest BCUT2D eigenvalue weighted by atomic mass is 10.1. The molecule has 0 saturated carbocycles. The molecule has 1 aliphatic heterocycles. The van der Waals surface area contributed by atoms with E-state index in [9.17, 15) is 4.79 Å². The third-order valence-electron chi connectivity index (χ3n) is 2.90. The Bertz CT molecular complexity index is 414. The van der Waals surface area contributed by atoms with Gasteiger partial charge >= 0.3 is 0 Å². The van der Waals surface area contributed by atoms with E-state index in [1.807, 2.05) is 11.8 Å². The summed E-state index contributed by atoms with van der Waals surface area (Å²) in [5.74, 6) is 0.0258. The van der Waals surface area contributed by atoms with Crippen LogP contribution in [0.25, 0.3) is 0 Å². The monoisotopic (exact) mass is 271 g/mol. The number of nitrogens with two attached hydrogens (primary N) is 1. The van der Waals surface area contributed by atoms with E-state index in [-0.39, 0.29) is 24.4 Å². The summed E-state index contributed by atoms with van der Waals surface area (Å²) in [7, 11) is 0. The third-order valence-corrected chi connectivity index (χ3v) is 2.90. The van der Waals surface area contributed by atoms with Crippen LogP contribution in [-0.4, -0.2) is 41.6 Å². The molecule has 100 valence electrons. The first-order chi connectivity index (χ1) is 8.22. The van der Waals surface area contributed by atoms with Gasteiger partial charge in [0.05, 0.1) is 24.9 Å². The molecule has 0 spiro atoms. The maximum absolute atomic E-state index is 12.3. The number of pyridine rings is 1. The zero-order valence-corrected chi connectivity index (χ0v) is 11.2. The van der Waals surface area contributed by atoms with Crippen molar-refractivity contribution in [1.82, 2.24) is 9.88 Å². The second-order valence-corrected chi connectivity index (χ2v) is 4.16. The standard InChI is InChI=1S/C12H17N3O2.ClH/c1-9-8-17-5-4-15(9)12(16)10-2-3-14-11(6-10)7-13;/h2-3,6,9H,4-5,7-8,13H2,1H3;1H. The molecule has 5 nitrogen and oxygen atoms in total. The fourth-order valence-electron chi connectivity index (χ4n) is 1.92. The highest BCUT2D eigenvalue weighted by atomic mass is 35.5. The molecule has 0 bridgehead atoms. The maximum Gasteiger partial charge on any atom is 0.254 e. The molecule has 0 radical (unpaired) electrons. The number of morpholine rings is 1. The first-order valence-electron chi connectivity index (χ1n) is 5.76. The van der Waals surface area contributed by atoms with Gasteiger partial charge in [-0.3, -0.25) is 9.78 Å². The summed E-state index contributed by atoms with van der Waals surface area (Å²) in [6.07, 6.45) is 1.63. The molecule has 1 fully saturated rings. The fourth-order valence-corrected chi connectivity index (χ4v) is 1.92. The quantitative estimate of drug-likeness (QED) is 0.865. The van der Waals surface area contributed by atoms with Crippen molar-refractivity contribution in [3.05, 3.63) is 29.6 Å². The molecule has 18 heavy (non-hydrogen) atoms. The molecule has 0 aromatic carbocycles. The molecular weight excluding hydrogens is 254 g/mol. The number of aromatic nitrogens is 1. The molecule has 1 aromatic heterocycles. The van der Waals surface area contributed by atoms with Gasteiger partial charge in [0, 0.05) is 24.8 Å². The highest BCUT2D eigenvalue weighted by molar-refractivity contribution is 5.94. The number of carbonyl (C=O) groups is 1. The Morgan fingerprint density at radius 2 is 2.44 bits per heavy atom. The lowest BCUT2D eigenvalue weighted by Gasteiger charge is -2.33. The zero-order valence-electron chi connectivity index (χ0n) is 10.3. The van der Waals surface area contributed by atoms with E-state index in [1.54, 1.807) is 18.3 Å². The van der Waals surface area contributed by atoms with Gasteiger partial charge in [0.25, 0.3) is 5.91 Å². The lowest BCUT2D eigenvalue weighted by Crippen LogP contribution is -2.47. The van der Waals surface area contributed by atoms with Crippen LogP contribution in [0, 0.1) is 0 Å². The Morgan fingerprint density at radius 1 is 1.67 bits per heavy atom. The highest BCUT2D eigenvalue weighted by Crippen LogP contribution is 2.12. The number of amides is 1. The number of halogens is 1. The fraction of sp³-hybridized carbons (Fsp3) is 0.500. The van der Waals surface area contributed by atoms with E-state index >= 15 is 0 Å². The SMILES string of the molecule is CC1COCCN1C(=O)c1ccnc(CN)c1.Cl. The third kappa shape index (κ3) is 3.19. The number of rotatable bonds is 2. The molecule has 2 rings (SSSR count). The summed E-state index contributed by atoms with van der Waals surface area (Å²) in [6.45, 7) is 4.17. The molecular formula is C12H18ClN3O2. The van der Waals surface area contributed by atoms with E-state index < -0.39 is 0 Å². The molecule has 2 N–H and O–H groups in total. The molecule has 1 amide bonds. The van der Waals surface area contributed by atoms with Crippen molar-refractivity contribution in [3.8, 4) is 0 Å². The molecule has 1 unspecified atom stereocenters. The summed E-state index contributed by atoms with van der Waals surface area (Å²) in [4.78, 5) is 18.2. The predicted octanol–water partition coefficient (Wildman–Crippen LogP) is 0.823. The second-order valence-electron chi connectivity index (χ2n) is 4.16. The van der Waals surface area contributed by atoms with Crippen molar-refractivity contribution in [1.29, 1.82) is 0 Å². The summed E-state index contributed by atoms with van der Waals surface area (Å²) < 4.78 is 5.32. The molecule has 1 aliphatic rings. The van der Waals surface area contributed by atoms with Crippen LogP contribution in [0.1, 0.15) is 23.0 Å². The Morgan fingerprint density at radius 3 is 3.11 bits per heavy atom. The van der Waals surface area contributed by atoms with Gasteiger partial charge in [-0.25, -0.2) is 0 Å². The van der Waals surface area contributed by atoms with Gasteiger partial charge in [0.1, 0.15) is 0 Å². The van der Waals surface area contributed by atoms with E-state index in [0.29, 0.717) is 31.9 Å². The predicted molar refractivity (Wildman–Crippen MR) is 70.7 cm³/mol. The van der Waals surface area contributed by atoms with Crippen LogP contribution in [-0.2, 0) is 11.3 Å². The summed E-state index contributed by atoms with van der Waals surface area (Å²) in [5, 5.41) is 0. The minimum atomic E-state index is 0. The van der Waals surface area contributed by atoms with Crippen LogP contribution in [0.15, 0.2) is 18.3 Å². The maximum atomic E-state index is 12.3. The van der Waals surface area contributed by atoms with Crippen LogP contribution >= 0.6 is 12.4 Å². The number of hydrogen-bond acceptors (Lipinski definition) is 4. The average molecular weight is 272 g/mol. The zero-order chi connectivity index (χ0) is 12.3. The Labute approximate surface area is 113 Å². The lowest BCUT2D eigenvalue weighted by molar-refractivity contribution is 0.00358. The van der Waals surface area contributed by atoms with Crippen molar-refractivity contribution < 1.29 is 9.53 Å². The van der Waals surface area contributed by atoms with Crippen LogP contribution < -0.4 is 5.73 Å². The summed E-state index contributed by atoms with van der Waals surface area (Å²) >= 11 is 0. The van der Waals surface area contributed by atoms with Gasteiger partial charge in [-0.2, -0.15) is 0 Å². The van der Waals surface area contributed by atoms with Crippen molar-refractivity contribution in [2.45, 2.75) is 19.5 Å². The largest absolute Gasteiger partial charge is 0.377 e. The minimum Gasteiger partial charge on any atom is -0.377 e. The van der Waals surface area contributed by atoms with Crippen molar-refractivity contribution in [2.75, 3.05) is 19.8 Å². The number of ether oxygens (including phenoxy) is 1. The van der Waals surface area contributed by atoms with E-state index in [1.165, 1.54) is 0 Å². The van der Waals surface area contributed by atoms with Gasteiger partial charge in [0.2, 0.25) is 0 Å². The first-order valence-corrected chi connectivity index (χ1v) is 5.76.